The molecule has 0 spiro atoms. The Morgan fingerprint density at radius 2 is 1.85 bits per heavy atom. The predicted octanol–water partition coefficient (Wildman–Crippen LogP) is 6.18. The van der Waals surface area contributed by atoms with E-state index in [1.807, 2.05) is 36.4 Å². The van der Waals surface area contributed by atoms with Crippen molar-refractivity contribution < 1.29 is 18.7 Å². The molecule has 5 rings (SSSR count). The van der Waals surface area contributed by atoms with E-state index >= 15 is 0 Å². The molecule has 8 heteroatoms. The topological polar surface area (TPSA) is 101 Å². The lowest BCUT2D eigenvalue weighted by Crippen LogP contribution is -2.44. The lowest BCUT2D eigenvalue weighted by Gasteiger charge is -2.43. The first-order valence-electron chi connectivity index (χ1n) is 13.0. The molecule has 7 nitrogen and oxygen atoms in total. The average molecular weight is 539 g/mol. The molecule has 0 fully saturated rings. The number of halogens is 1. The van der Waals surface area contributed by atoms with Crippen LogP contribution in [0.15, 0.2) is 95.5 Å². The summed E-state index contributed by atoms with van der Waals surface area (Å²) in [4.78, 5) is 13.7. The predicted molar refractivity (Wildman–Crippen MR) is 150 cm³/mol. The van der Waals surface area contributed by atoms with Crippen molar-refractivity contribution >= 4 is 11.5 Å². The van der Waals surface area contributed by atoms with Crippen molar-refractivity contribution in [2.24, 2.45) is 11.1 Å². The zero-order valence-electron chi connectivity index (χ0n) is 22.7. The second-order valence-electron chi connectivity index (χ2n) is 10.8. The minimum absolute atomic E-state index is 0.0261. The fourth-order valence-electron chi connectivity index (χ4n) is 5.38. The average Bonchev–Trinajstić information content (AvgIpc) is 2.93. The first-order valence-corrected chi connectivity index (χ1v) is 13.0. The van der Waals surface area contributed by atoms with E-state index in [9.17, 15) is 14.4 Å². The van der Waals surface area contributed by atoms with Gasteiger partial charge in [0.2, 0.25) is 0 Å². The van der Waals surface area contributed by atoms with Crippen LogP contribution in [0.2, 0.25) is 0 Å². The maximum absolute atomic E-state index is 13.7. The molecule has 3 N–H and O–H groups in total. The lowest BCUT2D eigenvalue weighted by atomic mass is 9.69. The van der Waals surface area contributed by atoms with Gasteiger partial charge in [-0.05, 0) is 59.4 Å². The molecule has 0 bridgehead atoms. The van der Waals surface area contributed by atoms with Crippen molar-refractivity contribution in [1.29, 1.82) is 5.26 Å². The maximum Gasteiger partial charge on any atom is 0.162 e. The van der Waals surface area contributed by atoms with Gasteiger partial charge in [0.25, 0.3) is 0 Å². The number of benzene rings is 3. The van der Waals surface area contributed by atoms with Gasteiger partial charge in [-0.1, -0.05) is 50.2 Å². The molecular formula is C32H31FN4O3. The number of nitrogens with two attached hydrogens (primary N) is 1. The van der Waals surface area contributed by atoms with Crippen LogP contribution in [-0.2, 0) is 11.4 Å². The van der Waals surface area contributed by atoms with E-state index in [0.717, 1.165) is 11.4 Å². The first-order chi connectivity index (χ1) is 19.2. The Balaban J connectivity index is 1.56. The minimum Gasteiger partial charge on any atom is -0.493 e. The Morgan fingerprint density at radius 1 is 1.07 bits per heavy atom. The third-order valence-electron chi connectivity index (χ3n) is 7.20. The van der Waals surface area contributed by atoms with Crippen LogP contribution in [0.5, 0.6) is 11.5 Å². The number of hydrogen-bond donors (Lipinski definition) is 2. The first kappa shape index (κ1) is 26.8. The molecule has 0 amide bonds. The summed E-state index contributed by atoms with van der Waals surface area (Å²) in [5, 5.41) is 12.0. The van der Waals surface area contributed by atoms with Crippen molar-refractivity contribution in [2.75, 3.05) is 12.5 Å². The number of ether oxygens (including phenoxy) is 2. The Bertz CT molecular complexity index is 1560. The van der Waals surface area contributed by atoms with E-state index in [0.29, 0.717) is 41.0 Å². The quantitative estimate of drug-likeness (QED) is 0.371. The highest BCUT2D eigenvalue weighted by Crippen LogP contribution is 2.49. The largest absolute Gasteiger partial charge is 0.493 e. The standard InChI is InChI=1S/C32H31FN4O3/c1-32(2)16-25-30(26(38)17-32)29(24(18-34)31(35)37(25)36-23-10-5-4-6-11-23)21-12-13-27(28(15-21)39-3)40-19-20-8-7-9-22(33)14-20/h4-15,29,36H,16-17,19,35H2,1-3H3/t29-/m0/s1. The number of hydrazine groups is 1. The second-order valence-corrected chi connectivity index (χ2v) is 10.8. The van der Waals surface area contributed by atoms with Gasteiger partial charge in [-0.3, -0.25) is 10.2 Å². The smallest absolute Gasteiger partial charge is 0.162 e. The summed E-state index contributed by atoms with van der Waals surface area (Å²) < 4.78 is 25.2. The monoisotopic (exact) mass is 538 g/mol. The van der Waals surface area contributed by atoms with Crippen LogP contribution in [0.25, 0.3) is 0 Å². The van der Waals surface area contributed by atoms with E-state index < -0.39 is 5.92 Å². The summed E-state index contributed by atoms with van der Waals surface area (Å²) in [5.41, 5.74) is 13.4. The number of nitrogens with zero attached hydrogens (tertiary/aromatic N) is 2. The number of allylic oxidation sites excluding steroid dienone is 3. The van der Waals surface area contributed by atoms with E-state index in [1.54, 1.807) is 29.3 Å². The summed E-state index contributed by atoms with van der Waals surface area (Å²) >= 11 is 0. The number of hydrogen-bond acceptors (Lipinski definition) is 7. The Labute approximate surface area is 233 Å². The minimum atomic E-state index is -0.663. The van der Waals surface area contributed by atoms with Gasteiger partial charge in [-0.15, -0.1) is 0 Å². The Hall–Kier alpha value is -4.77. The molecule has 2 aliphatic rings. The zero-order valence-corrected chi connectivity index (χ0v) is 22.7. The van der Waals surface area contributed by atoms with Crippen LogP contribution in [0, 0.1) is 22.6 Å². The summed E-state index contributed by atoms with van der Waals surface area (Å²) in [7, 11) is 1.52. The zero-order chi connectivity index (χ0) is 28.4. The Kier molecular flexibility index (Phi) is 7.22. The highest BCUT2D eigenvalue weighted by atomic mass is 19.1. The van der Waals surface area contributed by atoms with Crippen LogP contribution in [0.4, 0.5) is 10.1 Å². The van der Waals surface area contributed by atoms with Crippen LogP contribution >= 0.6 is 0 Å². The number of rotatable bonds is 7. The van der Waals surface area contributed by atoms with E-state index in [1.165, 1.54) is 19.2 Å². The van der Waals surface area contributed by atoms with Crippen molar-refractivity contribution in [3.63, 3.8) is 0 Å². The van der Waals surface area contributed by atoms with Gasteiger partial charge in [0.15, 0.2) is 17.3 Å². The maximum atomic E-state index is 13.7. The number of methoxy groups -OCH3 is 1. The normalized spacial score (nSPS) is 18.2. The number of para-hydroxylation sites is 1. The molecule has 0 radical (unpaired) electrons. The van der Waals surface area contributed by atoms with Gasteiger partial charge in [-0.25, -0.2) is 9.40 Å². The fourth-order valence-corrected chi connectivity index (χ4v) is 5.38. The van der Waals surface area contributed by atoms with E-state index in [4.69, 9.17) is 15.2 Å². The number of nitriles is 1. The van der Waals surface area contributed by atoms with Crippen molar-refractivity contribution in [1.82, 2.24) is 5.01 Å². The molecule has 0 aromatic heterocycles. The SMILES string of the molecule is COc1cc([C@H]2C(C#N)=C(N)N(Nc3ccccc3)C3=C2C(=O)CC(C)(C)C3)ccc1OCc1cccc(F)c1. The van der Waals surface area contributed by atoms with Crippen LogP contribution in [0.3, 0.4) is 0 Å². The molecule has 0 unspecified atom stereocenters. The van der Waals surface area contributed by atoms with Gasteiger partial charge in [0.05, 0.1) is 36.1 Å². The number of anilines is 1. The number of nitrogens with one attached hydrogen (secondary N) is 1. The third kappa shape index (κ3) is 5.23. The molecule has 1 aliphatic heterocycles. The van der Waals surface area contributed by atoms with Gasteiger partial charge in [0.1, 0.15) is 18.2 Å². The van der Waals surface area contributed by atoms with E-state index in [2.05, 4.69) is 25.3 Å². The molecular weight excluding hydrogens is 507 g/mol. The summed E-state index contributed by atoms with van der Waals surface area (Å²) in [6, 6.07) is 23.3. The molecule has 3 aromatic rings. The summed E-state index contributed by atoms with van der Waals surface area (Å²) in [5.74, 6) is 0.102. The highest BCUT2D eigenvalue weighted by molar-refractivity contribution is 6.00. The van der Waals surface area contributed by atoms with E-state index in [-0.39, 0.29) is 35.0 Å². The number of carbonyl (C=O) groups excluding carboxylic acids is 1. The van der Waals surface area contributed by atoms with Crippen LogP contribution in [0.1, 0.15) is 43.7 Å². The molecule has 1 atom stereocenters. The molecule has 204 valence electrons. The lowest BCUT2D eigenvalue weighted by molar-refractivity contribution is -0.118. The van der Waals surface area contributed by atoms with Crippen LogP contribution < -0.4 is 20.6 Å². The van der Waals surface area contributed by atoms with Gasteiger partial charge in [0, 0.05) is 12.0 Å². The molecule has 1 aliphatic carbocycles. The van der Waals surface area contributed by atoms with Crippen molar-refractivity contribution in [3.05, 3.63) is 112 Å². The van der Waals surface area contributed by atoms with Crippen molar-refractivity contribution in [3.8, 4) is 17.6 Å². The number of ketones is 1. The molecule has 3 aromatic carbocycles. The second kappa shape index (κ2) is 10.8. The molecule has 0 saturated carbocycles. The van der Waals surface area contributed by atoms with Crippen molar-refractivity contribution in [2.45, 2.75) is 39.2 Å². The van der Waals surface area contributed by atoms with Gasteiger partial charge in [-0.2, -0.15) is 5.26 Å². The summed E-state index contributed by atoms with van der Waals surface area (Å²) in [6.45, 7) is 4.26. The molecule has 0 saturated heterocycles. The highest BCUT2D eigenvalue weighted by Gasteiger charge is 2.44. The summed E-state index contributed by atoms with van der Waals surface area (Å²) in [6.07, 6.45) is 0.946. The van der Waals surface area contributed by atoms with Gasteiger partial charge >= 0.3 is 0 Å². The number of Topliss-reactive ketones (excluding diaryl/α,β-unsaturated/α-hetero) is 1. The van der Waals surface area contributed by atoms with Gasteiger partial charge < -0.3 is 15.2 Å². The Morgan fingerprint density at radius 3 is 2.55 bits per heavy atom. The van der Waals surface area contributed by atoms with Crippen LogP contribution in [-0.4, -0.2) is 17.9 Å². The fraction of sp³-hybridized carbons (Fsp3) is 0.250. The molecule has 40 heavy (non-hydrogen) atoms. The number of carbonyl (C=O) groups is 1. The molecule has 1 heterocycles. The third-order valence-corrected chi connectivity index (χ3v) is 7.20.